The van der Waals surface area contributed by atoms with Crippen molar-refractivity contribution in [1.82, 2.24) is 4.98 Å². The minimum absolute atomic E-state index is 0.0390. The van der Waals surface area contributed by atoms with Crippen LogP contribution >= 0.6 is 23.1 Å². The van der Waals surface area contributed by atoms with Crippen molar-refractivity contribution < 1.29 is 4.79 Å². The van der Waals surface area contributed by atoms with Crippen LogP contribution < -0.4 is 5.32 Å². The molecule has 3 nitrogen and oxygen atoms in total. The molecule has 3 aromatic rings. The summed E-state index contributed by atoms with van der Waals surface area (Å²) in [5.74, 6) is 0.979. The Labute approximate surface area is 150 Å². The summed E-state index contributed by atoms with van der Waals surface area (Å²) in [6.45, 7) is 4.15. The monoisotopic (exact) mass is 356 g/mol. The van der Waals surface area contributed by atoms with Gasteiger partial charge in [-0.2, -0.15) is 0 Å². The summed E-state index contributed by atoms with van der Waals surface area (Å²) < 4.78 is 1.12. The molecule has 0 aliphatic carbocycles. The zero-order valence-electron chi connectivity index (χ0n) is 13.8. The lowest BCUT2D eigenvalue weighted by molar-refractivity contribution is -0.116. The van der Waals surface area contributed by atoms with Gasteiger partial charge in [-0.25, -0.2) is 4.98 Å². The van der Waals surface area contributed by atoms with E-state index in [1.54, 1.807) is 11.8 Å². The molecule has 0 spiro atoms. The first kappa shape index (κ1) is 17.0. The standard InChI is InChI=1S/C19H20N2OS2/c1-13-10-11-16-18(14(13)2)21-19(24-16)20-17(22)9-6-12-23-15-7-4-3-5-8-15/h3-5,7-8,10-11H,6,9,12H2,1-2H3,(H,20,21,22). The predicted octanol–water partition coefficient (Wildman–Crippen LogP) is 5.42. The summed E-state index contributed by atoms with van der Waals surface area (Å²) in [4.78, 5) is 17.9. The minimum Gasteiger partial charge on any atom is -0.302 e. The van der Waals surface area contributed by atoms with Crippen LogP contribution in [0.4, 0.5) is 5.13 Å². The van der Waals surface area contributed by atoms with E-state index in [1.807, 2.05) is 18.2 Å². The second-order valence-corrected chi connectivity index (χ2v) is 7.89. The van der Waals surface area contributed by atoms with Crippen molar-refractivity contribution in [2.24, 2.45) is 0 Å². The molecule has 0 saturated heterocycles. The van der Waals surface area contributed by atoms with E-state index < -0.39 is 0 Å². The number of anilines is 1. The van der Waals surface area contributed by atoms with E-state index in [-0.39, 0.29) is 5.91 Å². The van der Waals surface area contributed by atoms with Crippen molar-refractivity contribution in [3.63, 3.8) is 0 Å². The van der Waals surface area contributed by atoms with Crippen molar-refractivity contribution in [2.45, 2.75) is 31.6 Å². The molecular formula is C19H20N2OS2. The van der Waals surface area contributed by atoms with Gasteiger partial charge in [0.1, 0.15) is 0 Å². The summed E-state index contributed by atoms with van der Waals surface area (Å²) in [5, 5.41) is 3.63. The van der Waals surface area contributed by atoms with Gasteiger partial charge in [0.05, 0.1) is 10.2 Å². The first-order chi connectivity index (χ1) is 11.6. The first-order valence-corrected chi connectivity index (χ1v) is 9.78. The van der Waals surface area contributed by atoms with Gasteiger partial charge >= 0.3 is 0 Å². The van der Waals surface area contributed by atoms with Crippen molar-refractivity contribution in [3.05, 3.63) is 53.6 Å². The van der Waals surface area contributed by atoms with E-state index in [4.69, 9.17) is 0 Å². The van der Waals surface area contributed by atoms with Crippen LogP contribution in [0.1, 0.15) is 24.0 Å². The molecule has 5 heteroatoms. The Morgan fingerprint density at radius 3 is 2.75 bits per heavy atom. The van der Waals surface area contributed by atoms with Crippen molar-refractivity contribution in [3.8, 4) is 0 Å². The Morgan fingerprint density at radius 2 is 1.96 bits per heavy atom. The molecular weight excluding hydrogens is 336 g/mol. The Morgan fingerprint density at radius 1 is 1.17 bits per heavy atom. The molecule has 0 aliphatic heterocycles. The molecule has 0 saturated carbocycles. The zero-order chi connectivity index (χ0) is 16.9. The highest BCUT2D eigenvalue weighted by Gasteiger charge is 2.10. The van der Waals surface area contributed by atoms with Gasteiger partial charge in [-0.1, -0.05) is 35.6 Å². The summed E-state index contributed by atoms with van der Waals surface area (Å²) in [5.41, 5.74) is 3.40. The molecule has 0 unspecified atom stereocenters. The lowest BCUT2D eigenvalue weighted by atomic mass is 10.1. The number of nitrogens with zero attached hydrogens (tertiary/aromatic N) is 1. The summed E-state index contributed by atoms with van der Waals surface area (Å²) >= 11 is 3.32. The number of fused-ring (bicyclic) bond motifs is 1. The van der Waals surface area contributed by atoms with Crippen molar-refractivity contribution in [1.29, 1.82) is 0 Å². The lowest BCUT2D eigenvalue weighted by Gasteiger charge is -2.02. The Bertz CT molecular complexity index is 843. The van der Waals surface area contributed by atoms with E-state index in [0.29, 0.717) is 11.6 Å². The van der Waals surface area contributed by atoms with Gasteiger partial charge in [-0.05, 0) is 55.3 Å². The third-order valence-electron chi connectivity index (χ3n) is 3.89. The van der Waals surface area contributed by atoms with Crippen LogP contribution in [0.15, 0.2) is 47.4 Å². The first-order valence-electron chi connectivity index (χ1n) is 7.98. The molecule has 0 fully saturated rings. The van der Waals surface area contributed by atoms with E-state index in [2.05, 4.69) is 48.4 Å². The number of aryl methyl sites for hydroxylation is 2. The topological polar surface area (TPSA) is 42.0 Å². The van der Waals surface area contributed by atoms with Crippen LogP contribution in [0.2, 0.25) is 0 Å². The molecule has 0 bridgehead atoms. The second kappa shape index (κ2) is 7.81. The van der Waals surface area contributed by atoms with Gasteiger partial charge in [0.2, 0.25) is 5.91 Å². The van der Waals surface area contributed by atoms with E-state index in [9.17, 15) is 4.79 Å². The Balaban J connectivity index is 1.51. The van der Waals surface area contributed by atoms with Crippen LogP contribution in [0.25, 0.3) is 10.2 Å². The Hall–Kier alpha value is -1.85. The number of hydrogen-bond donors (Lipinski definition) is 1. The number of aromatic nitrogens is 1. The fraction of sp³-hybridized carbons (Fsp3) is 0.263. The maximum Gasteiger partial charge on any atom is 0.226 e. The highest BCUT2D eigenvalue weighted by atomic mass is 32.2. The fourth-order valence-electron chi connectivity index (χ4n) is 2.40. The quantitative estimate of drug-likeness (QED) is 0.473. The SMILES string of the molecule is Cc1ccc2sc(NC(=O)CCCSc3ccccc3)nc2c1C. The van der Waals surface area contributed by atoms with Crippen molar-refractivity contribution >= 4 is 44.4 Å². The van der Waals surface area contributed by atoms with Gasteiger partial charge in [0.25, 0.3) is 0 Å². The van der Waals surface area contributed by atoms with E-state index in [0.717, 1.165) is 22.4 Å². The van der Waals surface area contributed by atoms with Gasteiger partial charge in [0, 0.05) is 11.3 Å². The molecule has 0 aliphatic rings. The predicted molar refractivity (Wildman–Crippen MR) is 104 cm³/mol. The minimum atomic E-state index is 0.0390. The van der Waals surface area contributed by atoms with Crippen LogP contribution in [-0.4, -0.2) is 16.6 Å². The Kier molecular flexibility index (Phi) is 5.53. The third-order valence-corrected chi connectivity index (χ3v) is 5.93. The largest absolute Gasteiger partial charge is 0.302 e. The number of thioether (sulfide) groups is 1. The number of nitrogens with one attached hydrogen (secondary N) is 1. The van der Waals surface area contributed by atoms with E-state index >= 15 is 0 Å². The van der Waals surface area contributed by atoms with Crippen molar-refractivity contribution in [2.75, 3.05) is 11.1 Å². The fourth-order valence-corrected chi connectivity index (χ4v) is 4.22. The number of carbonyl (C=O) groups excluding carboxylic acids is 1. The molecule has 0 atom stereocenters. The zero-order valence-corrected chi connectivity index (χ0v) is 15.5. The molecule has 1 heterocycles. The maximum absolute atomic E-state index is 12.1. The van der Waals surface area contributed by atoms with Crippen LogP contribution in [0, 0.1) is 13.8 Å². The second-order valence-electron chi connectivity index (χ2n) is 5.69. The molecule has 1 aromatic heterocycles. The molecule has 24 heavy (non-hydrogen) atoms. The summed E-state index contributed by atoms with van der Waals surface area (Å²) in [6, 6.07) is 14.4. The molecule has 3 rings (SSSR count). The smallest absolute Gasteiger partial charge is 0.226 e. The summed E-state index contributed by atoms with van der Waals surface area (Å²) in [7, 11) is 0. The number of amides is 1. The van der Waals surface area contributed by atoms with Crippen LogP contribution in [0.3, 0.4) is 0 Å². The van der Waals surface area contributed by atoms with Gasteiger partial charge in [-0.15, -0.1) is 11.8 Å². The highest BCUT2D eigenvalue weighted by molar-refractivity contribution is 7.99. The highest BCUT2D eigenvalue weighted by Crippen LogP contribution is 2.29. The average molecular weight is 357 g/mol. The average Bonchev–Trinajstić information content (AvgIpc) is 2.99. The number of hydrogen-bond acceptors (Lipinski definition) is 4. The van der Waals surface area contributed by atoms with E-state index in [1.165, 1.54) is 27.4 Å². The van der Waals surface area contributed by atoms with Gasteiger partial charge < -0.3 is 5.32 Å². The molecule has 124 valence electrons. The number of rotatable bonds is 6. The molecule has 1 N–H and O–H groups in total. The van der Waals surface area contributed by atoms with Gasteiger partial charge in [0.15, 0.2) is 5.13 Å². The lowest BCUT2D eigenvalue weighted by Crippen LogP contribution is -2.11. The number of thiazole rings is 1. The van der Waals surface area contributed by atoms with Gasteiger partial charge in [-0.3, -0.25) is 4.79 Å². The maximum atomic E-state index is 12.1. The normalized spacial score (nSPS) is 10.9. The van der Waals surface area contributed by atoms with Crippen LogP contribution in [-0.2, 0) is 4.79 Å². The third kappa shape index (κ3) is 4.16. The molecule has 1 amide bonds. The number of benzene rings is 2. The van der Waals surface area contributed by atoms with Crippen LogP contribution in [0.5, 0.6) is 0 Å². The molecule has 0 radical (unpaired) electrons. The molecule has 2 aromatic carbocycles. The number of carbonyl (C=O) groups is 1. The summed E-state index contributed by atoms with van der Waals surface area (Å²) in [6.07, 6.45) is 1.38.